The topological polar surface area (TPSA) is 81.5 Å². The van der Waals surface area contributed by atoms with Crippen LogP contribution < -0.4 is 4.74 Å². The van der Waals surface area contributed by atoms with Crippen LogP contribution in [0.4, 0.5) is 8.78 Å². The highest BCUT2D eigenvalue weighted by atomic mass is 32.2. The fraction of sp³-hybridized carbons (Fsp3) is 0.333. The molecule has 7 nitrogen and oxygen atoms in total. The van der Waals surface area contributed by atoms with Gasteiger partial charge in [0.25, 0.3) is 5.91 Å². The number of aromatic nitrogens is 2. The summed E-state index contributed by atoms with van der Waals surface area (Å²) in [5.74, 6) is -1.19. The number of alkyl halides is 2. The maximum Gasteiger partial charge on any atom is 0.388 e. The lowest BCUT2D eigenvalue weighted by Gasteiger charge is -2.16. The number of nitrogens with zero attached hydrogens (tertiary/aromatic N) is 3. The third kappa shape index (κ3) is 3.21. The molecule has 1 atom stereocenters. The van der Waals surface area contributed by atoms with Crippen molar-refractivity contribution < 1.29 is 26.7 Å². The zero-order valence-electron chi connectivity index (χ0n) is 13.2. The first-order chi connectivity index (χ1) is 11.8. The van der Waals surface area contributed by atoms with Gasteiger partial charge in [-0.15, -0.1) is 0 Å². The number of hydrogen-bond acceptors (Lipinski definition) is 5. The first-order valence-electron chi connectivity index (χ1n) is 7.40. The molecule has 3 rings (SSSR count). The number of halogens is 2. The number of carbonyl (C=O) groups is 1. The van der Waals surface area contributed by atoms with Crippen molar-refractivity contribution in [3.05, 3.63) is 47.7 Å². The SMILES string of the molecule is Cn1nc(C(=O)N2CCC(c3ccccc3)S2(=O)=O)cc1OC(F)F. The first-order valence-corrected chi connectivity index (χ1v) is 8.90. The molecule has 1 aromatic heterocycles. The largest absolute Gasteiger partial charge is 0.417 e. The number of amides is 1. The summed E-state index contributed by atoms with van der Waals surface area (Å²) in [5, 5.41) is 2.95. The van der Waals surface area contributed by atoms with E-state index in [2.05, 4.69) is 9.84 Å². The summed E-state index contributed by atoms with van der Waals surface area (Å²) in [4.78, 5) is 12.5. The maximum atomic E-state index is 12.7. The van der Waals surface area contributed by atoms with Crippen molar-refractivity contribution in [3.8, 4) is 5.88 Å². The molecule has 1 saturated heterocycles. The second kappa shape index (κ2) is 6.43. The van der Waals surface area contributed by atoms with Gasteiger partial charge in [0.15, 0.2) is 5.69 Å². The lowest BCUT2D eigenvalue weighted by molar-refractivity contribution is -0.0553. The molecule has 1 aliphatic rings. The minimum absolute atomic E-state index is 0.00232. The van der Waals surface area contributed by atoms with Crippen molar-refractivity contribution in [2.45, 2.75) is 18.3 Å². The second-order valence-corrected chi connectivity index (χ2v) is 7.52. The number of carbonyl (C=O) groups excluding carboxylic acids is 1. The summed E-state index contributed by atoms with van der Waals surface area (Å²) >= 11 is 0. The number of rotatable bonds is 4. The van der Waals surface area contributed by atoms with Gasteiger partial charge in [-0.2, -0.15) is 13.9 Å². The first kappa shape index (κ1) is 17.3. The molecular formula is C15H15F2N3O4S. The molecule has 1 aliphatic heterocycles. The lowest BCUT2D eigenvalue weighted by Crippen LogP contribution is -2.33. The molecule has 1 unspecified atom stereocenters. The van der Waals surface area contributed by atoms with E-state index in [-0.39, 0.29) is 24.5 Å². The Morgan fingerprint density at radius 1 is 1.32 bits per heavy atom. The number of benzene rings is 1. The van der Waals surface area contributed by atoms with Crippen LogP contribution in [0.25, 0.3) is 0 Å². The van der Waals surface area contributed by atoms with Crippen LogP contribution in [-0.2, 0) is 17.1 Å². The van der Waals surface area contributed by atoms with E-state index in [4.69, 9.17) is 0 Å². The Bertz CT molecular complexity index is 883. The maximum absolute atomic E-state index is 12.7. The highest BCUT2D eigenvalue weighted by Gasteiger charge is 2.43. The van der Waals surface area contributed by atoms with E-state index in [9.17, 15) is 22.0 Å². The van der Waals surface area contributed by atoms with Crippen molar-refractivity contribution in [3.63, 3.8) is 0 Å². The van der Waals surface area contributed by atoms with Gasteiger partial charge in [0.05, 0.1) is 0 Å². The zero-order chi connectivity index (χ0) is 18.2. The van der Waals surface area contributed by atoms with Crippen molar-refractivity contribution in [1.29, 1.82) is 0 Å². The van der Waals surface area contributed by atoms with E-state index >= 15 is 0 Å². The van der Waals surface area contributed by atoms with Gasteiger partial charge >= 0.3 is 6.61 Å². The normalized spacial score (nSPS) is 19.4. The summed E-state index contributed by atoms with van der Waals surface area (Å²) in [6.45, 7) is -3.07. The van der Waals surface area contributed by atoms with Gasteiger partial charge in [-0.3, -0.25) is 4.79 Å². The highest BCUT2D eigenvalue weighted by Crippen LogP contribution is 2.36. The molecule has 1 amide bonds. The predicted octanol–water partition coefficient (Wildman–Crippen LogP) is 1.94. The van der Waals surface area contributed by atoms with Crippen LogP contribution >= 0.6 is 0 Å². The predicted molar refractivity (Wildman–Crippen MR) is 83.6 cm³/mol. The molecule has 0 bridgehead atoms. The van der Waals surface area contributed by atoms with Gasteiger partial charge in [-0.1, -0.05) is 30.3 Å². The summed E-state index contributed by atoms with van der Waals surface area (Å²) in [7, 11) is -2.59. The van der Waals surface area contributed by atoms with Crippen LogP contribution in [0.3, 0.4) is 0 Å². The molecule has 1 fully saturated rings. The molecule has 0 N–H and O–H groups in total. The van der Waals surface area contributed by atoms with E-state index in [1.54, 1.807) is 30.3 Å². The van der Waals surface area contributed by atoms with E-state index in [0.29, 0.717) is 5.56 Å². The highest BCUT2D eigenvalue weighted by molar-refractivity contribution is 7.90. The van der Waals surface area contributed by atoms with Crippen LogP contribution in [-0.4, -0.2) is 41.6 Å². The Balaban J connectivity index is 1.86. The Morgan fingerprint density at radius 2 is 2.00 bits per heavy atom. The summed E-state index contributed by atoms with van der Waals surface area (Å²) in [6, 6.07) is 9.59. The molecule has 0 radical (unpaired) electrons. The van der Waals surface area contributed by atoms with Gasteiger partial charge in [-0.25, -0.2) is 17.4 Å². The quantitative estimate of drug-likeness (QED) is 0.820. The lowest BCUT2D eigenvalue weighted by atomic mass is 10.1. The van der Waals surface area contributed by atoms with Crippen molar-refractivity contribution in [1.82, 2.24) is 14.1 Å². The van der Waals surface area contributed by atoms with Crippen molar-refractivity contribution in [2.75, 3.05) is 6.54 Å². The van der Waals surface area contributed by atoms with Gasteiger partial charge < -0.3 is 4.74 Å². The van der Waals surface area contributed by atoms with E-state index < -0.39 is 27.8 Å². The number of aryl methyl sites for hydroxylation is 1. The Morgan fingerprint density at radius 3 is 2.64 bits per heavy atom. The Labute approximate surface area is 142 Å². The molecule has 0 aliphatic carbocycles. The zero-order valence-corrected chi connectivity index (χ0v) is 14.0. The van der Waals surface area contributed by atoms with Crippen LogP contribution in [0.15, 0.2) is 36.4 Å². The van der Waals surface area contributed by atoms with Gasteiger partial charge in [0.2, 0.25) is 15.9 Å². The summed E-state index contributed by atoms with van der Waals surface area (Å²) < 4.78 is 56.0. The smallest absolute Gasteiger partial charge is 0.388 e. The fourth-order valence-electron chi connectivity index (χ4n) is 2.77. The average molecular weight is 371 g/mol. The second-order valence-electron chi connectivity index (χ2n) is 5.48. The number of hydrogen-bond donors (Lipinski definition) is 0. The molecule has 25 heavy (non-hydrogen) atoms. The van der Waals surface area contributed by atoms with E-state index in [1.165, 1.54) is 7.05 Å². The van der Waals surface area contributed by atoms with E-state index in [1.807, 2.05) is 0 Å². The molecular weight excluding hydrogens is 356 g/mol. The molecule has 1 aromatic carbocycles. The molecule has 0 spiro atoms. The van der Waals surface area contributed by atoms with Crippen LogP contribution in [0.5, 0.6) is 5.88 Å². The third-order valence-electron chi connectivity index (χ3n) is 3.92. The molecule has 0 saturated carbocycles. The van der Waals surface area contributed by atoms with Crippen LogP contribution in [0.2, 0.25) is 0 Å². The van der Waals surface area contributed by atoms with E-state index in [0.717, 1.165) is 15.1 Å². The summed E-state index contributed by atoms with van der Waals surface area (Å²) in [5.41, 5.74) is 0.330. The fourth-order valence-corrected chi connectivity index (χ4v) is 4.67. The monoisotopic (exact) mass is 371 g/mol. The minimum Gasteiger partial charge on any atom is -0.417 e. The minimum atomic E-state index is -3.91. The number of ether oxygens (including phenoxy) is 1. The van der Waals surface area contributed by atoms with Crippen LogP contribution in [0.1, 0.15) is 27.7 Å². The molecule has 2 heterocycles. The standard InChI is InChI=1S/C15H15F2N3O4S/c1-19-13(24-15(16)17)9-11(18-19)14(21)20-8-7-12(25(20,22)23)10-5-3-2-4-6-10/h2-6,9,12,15H,7-8H2,1H3. The van der Waals surface area contributed by atoms with Crippen molar-refractivity contribution in [2.24, 2.45) is 7.05 Å². The Hall–Kier alpha value is -2.49. The molecule has 2 aromatic rings. The van der Waals surface area contributed by atoms with Gasteiger partial charge in [0.1, 0.15) is 5.25 Å². The third-order valence-corrected chi connectivity index (χ3v) is 6.11. The Kier molecular flexibility index (Phi) is 4.46. The van der Waals surface area contributed by atoms with Gasteiger partial charge in [-0.05, 0) is 12.0 Å². The number of sulfonamides is 1. The summed E-state index contributed by atoms with van der Waals surface area (Å²) in [6.07, 6.45) is 0.255. The average Bonchev–Trinajstić information content (AvgIpc) is 3.07. The van der Waals surface area contributed by atoms with Crippen molar-refractivity contribution >= 4 is 15.9 Å². The molecule has 134 valence electrons. The molecule has 10 heteroatoms. The van der Waals surface area contributed by atoms with Gasteiger partial charge in [0, 0.05) is 19.7 Å². The van der Waals surface area contributed by atoms with Crippen LogP contribution in [0, 0.1) is 0 Å².